The van der Waals surface area contributed by atoms with E-state index < -0.39 is 24.1 Å². The van der Waals surface area contributed by atoms with Crippen molar-refractivity contribution in [3.63, 3.8) is 0 Å². The number of aliphatic hydroxyl groups is 1. The molecule has 1 aliphatic heterocycles. The molecule has 4 rings (SSSR count). The van der Waals surface area contributed by atoms with Gasteiger partial charge in [-0.3, -0.25) is 9.69 Å². The number of amides is 1. The molecule has 11 heteroatoms. The third-order valence-corrected chi connectivity index (χ3v) is 7.44. The number of carbonyl (C=O) groups is 2. The van der Waals surface area contributed by atoms with Gasteiger partial charge in [-0.2, -0.15) is 0 Å². The van der Waals surface area contributed by atoms with Crippen molar-refractivity contribution in [3.8, 4) is 11.5 Å². The van der Waals surface area contributed by atoms with Crippen molar-refractivity contribution in [1.29, 1.82) is 0 Å². The van der Waals surface area contributed by atoms with Crippen molar-refractivity contribution in [2.45, 2.75) is 38.0 Å². The van der Waals surface area contributed by atoms with Gasteiger partial charge in [0.05, 0.1) is 16.3 Å². The first-order valence-corrected chi connectivity index (χ1v) is 14.4. The van der Waals surface area contributed by atoms with E-state index in [0.717, 1.165) is 37.5 Å². The van der Waals surface area contributed by atoms with Crippen molar-refractivity contribution in [2.75, 3.05) is 38.2 Å². The predicted octanol–water partition coefficient (Wildman–Crippen LogP) is 4.88. The zero-order valence-electron chi connectivity index (χ0n) is 23.3. The van der Waals surface area contributed by atoms with Gasteiger partial charge in [0.1, 0.15) is 23.7 Å². The standard InChI is InChI=1S/C31H35Cl2N3O6/c1-31(40,19-34-24-11-13-36(14-12-24)17-21-7-9-23(32)10-8-21)20-42-28-16-27(37)25(33)15-26(28)35-29(38)18-41-30(39)22-5-3-2-4-6-22/h2-10,15-16,24,34,37,40H,11-14,17-20H2,1H3,(H,35,38). The lowest BCUT2D eigenvalue weighted by Gasteiger charge is -2.34. The Kier molecular flexibility index (Phi) is 11.1. The molecule has 0 bridgehead atoms. The Hall–Kier alpha value is -3.34. The summed E-state index contributed by atoms with van der Waals surface area (Å²) in [7, 11) is 0. The van der Waals surface area contributed by atoms with Crippen molar-refractivity contribution in [1.82, 2.24) is 10.2 Å². The molecule has 0 aliphatic carbocycles. The van der Waals surface area contributed by atoms with Crippen LogP contribution in [0.2, 0.25) is 10.0 Å². The number of rotatable bonds is 12. The van der Waals surface area contributed by atoms with Gasteiger partial charge in [-0.05, 0) is 68.8 Å². The van der Waals surface area contributed by atoms with Gasteiger partial charge in [0, 0.05) is 30.2 Å². The number of hydrogen-bond acceptors (Lipinski definition) is 8. The second-order valence-corrected chi connectivity index (χ2v) is 11.5. The number of phenols is 1. The summed E-state index contributed by atoms with van der Waals surface area (Å²) in [5.74, 6) is -1.40. The van der Waals surface area contributed by atoms with Gasteiger partial charge in [-0.15, -0.1) is 0 Å². The van der Waals surface area contributed by atoms with Gasteiger partial charge in [0.15, 0.2) is 6.61 Å². The van der Waals surface area contributed by atoms with E-state index >= 15 is 0 Å². The van der Waals surface area contributed by atoms with Crippen LogP contribution in [0.15, 0.2) is 66.7 Å². The summed E-state index contributed by atoms with van der Waals surface area (Å²) in [6.07, 6.45) is 1.89. The number of nitrogens with one attached hydrogen (secondary N) is 2. The Morgan fingerprint density at radius 3 is 2.43 bits per heavy atom. The minimum atomic E-state index is -1.25. The number of hydrogen-bond donors (Lipinski definition) is 4. The molecular formula is C31H35Cl2N3O6. The molecule has 0 spiro atoms. The fourth-order valence-electron chi connectivity index (χ4n) is 4.53. The maximum atomic E-state index is 12.5. The van der Waals surface area contributed by atoms with E-state index in [9.17, 15) is 19.8 Å². The van der Waals surface area contributed by atoms with Crippen LogP contribution in [-0.2, 0) is 16.1 Å². The smallest absolute Gasteiger partial charge is 0.338 e. The zero-order chi connectivity index (χ0) is 30.1. The van der Waals surface area contributed by atoms with Crippen LogP contribution in [0, 0.1) is 0 Å². The first kappa shape index (κ1) is 31.6. The number of likely N-dealkylation sites (tertiary alicyclic amines) is 1. The largest absolute Gasteiger partial charge is 0.506 e. The van der Waals surface area contributed by atoms with E-state index in [0.29, 0.717) is 5.56 Å². The molecule has 0 saturated carbocycles. The molecule has 42 heavy (non-hydrogen) atoms. The Balaban J connectivity index is 1.24. The highest BCUT2D eigenvalue weighted by Gasteiger charge is 2.26. The molecular weight excluding hydrogens is 581 g/mol. The molecule has 1 fully saturated rings. The number of aromatic hydroxyl groups is 1. The van der Waals surface area contributed by atoms with Crippen molar-refractivity contribution >= 4 is 40.8 Å². The number of esters is 1. The molecule has 3 aromatic rings. The minimum absolute atomic E-state index is 0.00485. The molecule has 224 valence electrons. The van der Waals surface area contributed by atoms with Crippen molar-refractivity contribution in [2.24, 2.45) is 0 Å². The Labute approximate surface area is 255 Å². The Bertz CT molecular complexity index is 1350. The normalized spacial score (nSPS) is 15.5. The maximum absolute atomic E-state index is 12.5. The van der Waals surface area contributed by atoms with Crippen LogP contribution in [0.1, 0.15) is 35.7 Å². The average molecular weight is 617 g/mol. The highest BCUT2D eigenvalue weighted by Crippen LogP contribution is 2.36. The quantitative estimate of drug-likeness (QED) is 0.168. The van der Waals surface area contributed by atoms with E-state index in [1.807, 2.05) is 24.3 Å². The van der Waals surface area contributed by atoms with Crippen LogP contribution in [0.5, 0.6) is 11.5 Å². The first-order chi connectivity index (χ1) is 20.1. The number of benzene rings is 3. The number of ether oxygens (including phenoxy) is 2. The lowest BCUT2D eigenvalue weighted by molar-refractivity contribution is -0.119. The Morgan fingerprint density at radius 1 is 1.05 bits per heavy atom. The summed E-state index contributed by atoms with van der Waals surface area (Å²) >= 11 is 12.0. The molecule has 1 unspecified atom stereocenters. The average Bonchev–Trinajstić information content (AvgIpc) is 2.98. The Morgan fingerprint density at radius 2 is 1.74 bits per heavy atom. The lowest BCUT2D eigenvalue weighted by atomic mass is 10.0. The minimum Gasteiger partial charge on any atom is -0.506 e. The second-order valence-electron chi connectivity index (χ2n) is 10.6. The van der Waals surface area contributed by atoms with E-state index in [-0.39, 0.29) is 41.4 Å². The van der Waals surface area contributed by atoms with Crippen LogP contribution >= 0.6 is 23.2 Å². The SMILES string of the molecule is CC(O)(CNC1CCN(Cc2ccc(Cl)cc2)CC1)COc1cc(O)c(Cl)cc1NC(=O)COC(=O)c1ccccc1. The lowest BCUT2D eigenvalue weighted by Crippen LogP contribution is -2.49. The summed E-state index contributed by atoms with van der Waals surface area (Å²) in [5, 5.41) is 27.8. The first-order valence-electron chi connectivity index (χ1n) is 13.7. The van der Waals surface area contributed by atoms with E-state index in [2.05, 4.69) is 15.5 Å². The summed E-state index contributed by atoms with van der Waals surface area (Å²) in [6.45, 7) is 4.02. The number of anilines is 1. The third kappa shape index (κ3) is 9.61. The van der Waals surface area contributed by atoms with Gasteiger partial charge in [-0.1, -0.05) is 53.5 Å². The maximum Gasteiger partial charge on any atom is 0.338 e. The van der Waals surface area contributed by atoms with Crippen molar-refractivity contribution < 1.29 is 29.3 Å². The molecule has 4 N–H and O–H groups in total. The van der Waals surface area contributed by atoms with Gasteiger partial charge >= 0.3 is 5.97 Å². The topological polar surface area (TPSA) is 120 Å². The van der Waals surface area contributed by atoms with E-state index in [1.165, 1.54) is 17.7 Å². The molecule has 1 amide bonds. The molecule has 9 nitrogen and oxygen atoms in total. The zero-order valence-corrected chi connectivity index (χ0v) is 24.8. The van der Waals surface area contributed by atoms with Gasteiger partial charge in [-0.25, -0.2) is 4.79 Å². The summed E-state index contributed by atoms with van der Waals surface area (Å²) in [4.78, 5) is 27.0. The monoisotopic (exact) mass is 615 g/mol. The number of halogens is 2. The predicted molar refractivity (Wildman–Crippen MR) is 162 cm³/mol. The van der Waals surface area contributed by atoms with Crippen LogP contribution < -0.4 is 15.4 Å². The second kappa shape index (κ2) is 14.7. The van der Waals surface area contributed by atoms with Crippen molar-refractivity contribution in [3.05, 3.63) is 87.9 Å². The van der Waals surface area contributed by atoms with E-state index in [1.54, 1.807) is 37.3 Å². The van der Waals surface area contributed by atoms with Crippen LogP contribution in [0.3, 0.4) is 0 Å². The van der Waals surface area contributed by atoms with Crippen LogP contribution in [-0.4, -0.2) is 71.5 Å². The molecule has 1 atom stereocenters. The molecule has 0 aromatic heterocycles. The number of phenolic OH excluding ortho intramolecular Hbond substituents is 1. The number of piperidine rings is 1. The van der Waals surface area contributed by atoms with Crippen LogP contribution in [0.4, 0.5) is 5.69 Å². The highest BCUT2D eigenvalue weighted by molar-refractivity contribution is 6.32. The molecule has 0 radical (unpaired) electrons. The molecule has 3 aromatic carbocycles. The van der Waals surface area contributed by atoms with Gasteiger partial charge in [0.2, 0.25) is 0 Å². The van der Waals surface area contributed by atoms with Gasteiger partial charge in [0.25, 0.3) is 5.91 Å². The summed E-state index contributed by atoms with van der Waals surface area (Å²) in [5.41, 5.74) is 0.460. The third-order valence-electron chi connectivity index (χ3n) is 6.88. The van der Waals surface area contributed by atoms with E-state index in [4.69, 9.17) is 32.7 Å². The summed E-state index contributed by atoms with van der Waals surface area (Å²) < 4.78 is 10.9. The number of carbonyl (C=O) groups excluding carboxylic acids is 2. The fourth-order valence-corrected chi connectivity index (χ4v) is 4.82. The summed E-state index contributed by atoms with van der Waals surface area (Å²) in [6, 6.07) is 19.0. The molecule has 1 heterocycles. The fraction of sp³-hybridized carbons (Fsp3) is 0.355. The molecule has 1 aliphatic rings. The number of nitrogens with zero attached hydrogens (tertiary/aromatic N) is 1. The van der Waals surface area contributed by atoms with Gasteiger partial charge < -0.3 is 30.3 Å². The molecule has 1 saturated heterocycles. The van der Waals surface area contributed by atoms with Crippen LogP contribution in [0.25, 0.3) is 0 Å². The highest BCUT2D eigenvalue weighted by atomic mass is 35.5.